The lowest BCUT2D eigenvalue weighted by molar-refractivity contribution is -0.124. The number of hydrogen-bond acceptors (Lipinski definition) is 4. The van der Waals surface area contributed by atoms with Crippen LogP contribution in [0, 0.1) is 5.41 Å². The molecule has 1 spiro atoms. The van der Waals surface area contributed by atoms with Gasteiger partial charge < -0.3 is 10.6 Å². The number of rotatable bonds is 2. The number of nitrogens with one attached hydrogen (secondary N) is 2. The number of fused-ring (bicyclic) bond motifs is 1. The van der Waals surface area contributed by atoms with Crippen molar-refractivity contribution in [2.24, 2.45) is 5.41 Å². The molecular formula is C18H20N4O. The van der Waals surface area contributed by atoms with Crippen molar-refractivity contribution < 1.29 is 4.79 Å². The fraction of sp³-hybridized carbons (Fsp3) is 0.333. The summed E-state index contributed by atoms with van der Waals surface area (Å²) in [7, 11) is 0. The minimum Gasteiger partial charge on any atom is -0.367 e. The summed E-state index contributed by atoms with van der Waals surface area (Å²) >= 11 is 0. The number of carbonyl (C=O) groups excluding carboxylic acids is 1. The normalized spacial score (nSPS) is 23.9. The van der Waals surface area contributed by atoms with Crippen LogP contribution >= 0.6 is 0 Å². The molecule has 0 saturated carbocycles. The fourth-order valence-electron chi connectivity index (χ4n) is 3.50. The van der Waals surface area contributed by atoms with Gasteiger partial charge in [-0.2, -0.15) is 0 Å². The van der Waals surface area contributed by atoms with Gasteiger partial charge in [0.2, 0.25) is 5.91 Å². The first-order chi connectivity index (χ1) is 11.3. The predicted molar refractivity (Wildman–Crippen MR) is 90.1 cm³/mol. The maximum atomic E-state index is 12.8. The van der Waals surface area contributed by atoms with Gasteiger partial charge in [-0.1, -0.05) is 30.3 Å². The van der Waals surface area contributed by atoms with E-state index in [9.17, 15) is 4.79 Å². The van der Waals surface area contributed by atoms with Gasteiger partial charge in [-0.05, 0) is 30.7 Å². The van der Waals surface area contributed by atoms with Crippen molar-refractivity contribution in [1.82, 2.24) is 9.88 Å². The zero-order valence-electron chi connectivity index (χ0n) is 13.0. The Morgan fingerprint density at radius 3 is 2.91 bits per heavy atom. The van der Waals surface area contributed by atoms with E-state index in [1.807, 2.05) is 18.2 Å². The maximum absolute atomic E-state index is 12.8. The summed E-state index contributed by atoms with van der Waals surface area (Å²) in [6.07, 6.45) is 2.61. The zero-order valence-corrected chi connectivity index (χ0v) is 13.0. The van der Waals surface area contributed by atoms with Crippen LogP contribution in [-0.4, -0.2) is 35.4 Å². The van der Waals surface area contributed by atoms with Crippen LogP contribution in [0.2, 0.25) is 0 Å². The van der Waals surface area contributed by atoms with Crippen molar-refractivity contribution in [3.8, 4) is 0 Å². The lowest BCUT2D eigenvalue weighted by Gasteiger charge is -2.26. The highest BCUT2D eigenvalue weighted by atomic mass is 16.2. The number of amides is 1. The van der Waals surface area contributed by atoms with Gasteiger partial charge in [0.05, 0.1) is 11.1 Å². The van der Waals surface area contributed by atoms with E-state index < -0.39 is 0 Å². The molecule has 4 rings (SSSR count). The van der Waals surface area contributed by atoms with Crippen LogP contribution in [0.1, 0.15) is 12.0 Å². The highest BCUT2D eigenvalue weighted by molar-refractivity contribution is 5.99. The van der Waals surface area contributed by atoms with Crippen molar-refractivity contribution >= 4 is 17.4 Å². The van der Waals surface area contributed by atoms with Gasteiger partial charge in [-0.25, -0.2) is 4.98 Å². The summed E-state index contributed by atoms with van der Waals surface area (Å²) in [5, 5.41) is 6.40. The topological polar surface area (TPSA) is 57.3 Å². The van der Waals surface area contributed by atoms with Gasteiger partial charge in [0.25, 0.3) is 0 Å². The van der Waals surface area contributed by atoms with Crippen molar-refractivity contribution in [3.05, 3.63) is 54.2 Å². The van der Waals surface area contributed by atoms with E-state index in [4.69, 9.17) is 0 Å². The quantitative estimate of drug-likeness (QED) is 0.894. The number of anilines is 2. The molecule has 1 aromatic carbocycles. The molecule has 5 nitrogen and oxygen atoms in total. The smallest absolute Gasteiger partial charge is 0.233 e. The molecular weight excluding hydrogens is 288 g/mol. The Morgan fingerprint density at radius 2 is 2.04 bits per heavy atom. The number of pyridine rings is 1. The van der Waals surface area contributed by atoms with Gasteiger partial charge in [-0.3, -0.25) is 9.69 Å². The van der Waals surface area contributed by atoms with Crippen molar-refractivity contribution in [2.45, 2.75) is 13.0 Å². The van der Waals surface area contributed by atoms with Gasteiger partial charge >= 0.3 is 0 Å². The summed E-state index contributed by atoms with van der Waals surface area (Å²) in [5.41, 5.74) is 1.68. The molecule has 0 bridgehead atoms. The van der Waals surface area contributed by atoms with E-state index in [1.165, 1.54) is 5.56 Å². The van der Waals surface area contributed by atoms with Gasteiger partial charge in [0, 0.05) is 25.8 Å². The number of nitrogens with zero attached hydrogens (tertiary/aromatic N) is 2. The van der Waals surface area contributed by atoms with E-state index in [-0.39, 0.29) is 11.3 Å². The Morgan fingerprint density at radius 1 is 1.17 bits per heavy atom. The second-order valence-electron chi connectivity index (χ2n) is 6.43. The monoisotopic (exact) mass is 308 g/mol. The van der Waals surface area contributed by atoms with E-state index in [0.29, 0.717) is 6.54 Å². The fourth-order valence-corrected chi connectivity index (χ4v) is 3.50. The Labute approximate surface area is 135 Å². The number of likely N-dealkylation sites (tertiary alicyclic amines) is 1. The lowest BCUT2D eigenvalue weighted by Crippen LogP contribution is -2.42. The summed E-state index contributed by atoms with van der Waals surface area (Å²) in [6, 6.07) is 14.2. The standard InChI is InChI=1S/C18H20N4O/c23-17-18(12-20-16-15(21-17)7-4-9-19-16)8-10-22(13-18)11-14-5-2-1-3-6-14/h1-7,9H,8,10-13H2,(H,19,20)(H,21,23). The minimum atomic E-state index is -0.379. The Balaban J connectivity index is 1.50. The van der Waals surface area contributed by atoms with E-state index in [1.54, 1.807) is 6.20 Å². The second kappa shape index (κ2) is 5.66. The molecule has 0 radical (unpaired) electrons. The van der Waals surface area contributed by atoms with Crippen LogP contribution in [0.3, 0.4) is 0 Å². The van der Waals surface area contributed by atoms with Crippen LogP contribution in [0.4, 0.5) is 11.5 Å². The third kappa shape index (κ3) is 2.68. The Bertz CT molecular complexity index is 718. The molecule has 0 aliphatic carbocycles. The third-order valence-corrected chi connectivity index (χ3v) is 4.81. The molecule has 5 heteroatoms. The SMILES string of the molecule is O=C1Nc2cccnc2NCC12CCN(Cc1ccccc1)C2. The average molecular weight is 308 g/mol. The highest BCUT2D eigenvalue weighted by Crippen LogP contribution is 2.36. The number of hydrogen-bond donors (Lipinski definition) is 2. The Kier molecular flexibility index (Phi) is 3.50. The second-order valence-corrected chi connectivity index (χ2v) is 6.43. The summed E-state index contributed by atoms with van der Waals surface area (Å²) in [4.78, 5) is 19.5. The number of carbonyl (C=O) groups is 1. The van der Waals surface area contributed by atoms with Gasteiger partial charge in [0.1, 0.15) is 5.82 Å². The van der Waals surface area contributed by atoms with Crippen molar-refractivity contribution in [3.63, 3.8) is 0 Å². The summed E-state index contributed by atoms with van der Waals surface area (Å²) < 4.78 is 0. The van der Waals surface area contributed by atoms with Crippen LogP contribution in [0.15, 0.2) is 48.7 Å². The summed E-state index contributed by atoms with van der Waals surface area (Å²) in [6.45, 7) is 3.23. The average Bonchev–Trinajstić information content (AvgIpc) is 2.93. The molecule has 1 amide bonds. The molecule has 1 unspecified atom stereocenters. The molecule has 1 atom stereocenters. The molecule has 23 heavy (non-hydrogen) atoms. The first-order valence-corrected chi connectivity index (χ1v) is 8.02. The van der Waals surface area contributed by atoms with Crippen LogP contribution in [0.5, 0.6) is 0 Å². The molecule has 3 heterocycles. The van der Waals surface area contributed by atoms with Crippen LogP contribution in [0.25, 0.3) is 0 Å². The van der Waals surface area contributed by atoms with Gasteiger partial charge in [-0.15, -0.1) is 0 Å². The molecule has 2 N–H and O–H groups in total. The highest BCUT2D eigenvalue weighted by Gasteiger charge is 2.45. The molecule has 1 saturated heterocycles. The zero-order chi connectivity index (χ0) is 15.7. The third-order valence-electron chi connectivity index (χ3n) is 4.81. The van der Waals surface area contributed by atoms with Crippen LogP contribution < -0.4 is 10.6 Å². The Hall–Kier alpha value is -2.40. The predicted octanol–water partition coefficient (Wildman–Crippen LogP) is 2.34. The lowest BCUT2D eigenvalue weighted by atomic mass is 9.86. The first-order valence-electron chi connectivity index (χ1n) is 8.02. The van der Waals surface area contributed by atoms with Gasteiger partial charge in [0.15, 0.2) is 0 Å². The summed E-state index contributed by atoms with van der Waals surface area (Å²) in [5.74, 6) is 0.867. The van der Waals surface area contributed by atoms with E-state index >= 15 is 0 Å². The molecule has 1 aromatic heterocycles. The van der Waals surface area contributed by atoms with E-state index in [0.717, 1.165) is 37.6 Å². The maximum Gasteiger partial charge on any atom is 0.233 e. The van der Waals surface area contributed by atoms with Crippen molar-refractivity contribution in [1.29, 1.82) is 0 Å². The largest absolute Gasteiger partial charge is 0.367 e. The molecule has 118 valence electrons. The van der Waals surface area contributed by atoms with E-state index in [2.05, 4.69) is 44.8 Å². The molecule has 2 aromatic rings. The number of benzene rings is 1. The molecule has 2 aliphatic rings. The number of aromatic nitrogens is 1. The minimum absolute atomic E-state index is 0.104. The van der Waals surface area contributed by atoms with Crippen LogP contribution in [-0.2, 0) is 11.3 Å². The van der Waals surface area contributed by atoms with Crippen molar-refractivity contribution in [2.75, 3.05) is 30.3 Å². The first kappa shape index (κ1) is 14.2. The molecule has 2 aliphatic heterocycles. The molecule has 1 fully saturated rings.